The van der Waals surface area contributed by atoms with Crippen LogP contribution in [0.5, 0.6) is 5.75 Å². The molecular weight excluding hydrogens is 244 g/mol. The molecule has 1 saturated carbocycles. The van der Waals surface area contributed by atoms with Gasteiger partial charge in [0.05, 0.1) is 20.1 Å². The Hall–Kier alpha value is -1.55. The lowest BCUT2D eigenvalue weighted by Crippen LogP contribution is -2.11. The summed E-state index contributed by atoms with van der Waals surface area (Å²) in [6, 6.07) is 5.82. The van der Waals surface area contributed by atoms with Gasteiger partial charge in [0.2, 0.25) is 0 Å². The van der Waals surface area contributed by atoms with Gasteiger partial charge in [-0.3, -0.25) is 4.79 Å². The van der Waals surface area contributed by atoms with Crippen molar-refractivity contribution < 1.29 is 19.4 Å². The van der Waals surface area contributed by atoms with Crippen LogP contribution in [0.1, 0.15) is 36.3 Å². The number of benzene rings is 1. The van der Waals surface area contributed by atoms with Crippen LogP contribution in [-0.2, 0) is 16.1 Å². The minimum atomic E-state index is -0.747. The van der Waals surface area contributed by atoms with Crippen molar-refractivity contribution in [3.8, 4) is 5.75 Å². The van der Waals surface area contributed by atoms with Gasteiger partial charge in [0.15, 0.2) is 0 Å². The summed E-state index contributed by atoms with van der Waals surface area (Å²) in [6.07, 6.45) is 2.40. The van der Waals surface area contributed by atoms with Crippen molar-refractivity contribution in [2.45, 2.75) is 31.8 Å². The van der Waals surface area contributed by atoms with E-state index in [1.165, 1.54) is 0 Å². The molecule has 0 saturated heterocycles. The number of rotatable bonds is 7. The molecule has 1 aromatic rings. The topological polar surface area (TPSA) is 55.8 Å². The van der Waals surface area contributed by atoms with E-state index in [0.29, 0.717) is 12.5 Å². The molecule has 0 radical (unpaired) electrons. The molecule has 1 aliphatic rings. The zero-order valence-corrected chi connectivity index (χ0v) is 11.4. The molecule has 0 aromatic heterocycles. The Morgan fingerprint density at radius 3 is 2.68 bits per heavy atom. The van der Waals surface area contributed by atoms with Gasteiger partial charge in [-0.15, -0.1) is 0 Å². The lowest BCUT2D eigenvalue weighted by Gasteiger charge is -2.19. The van der Waals surface area contributed by atoms with E-state index < -0.39 is 5.97 Å². The second-order valence-electron chi connectivity index (χ2n) is 5.04. The van der Waals surface area contributed by atoms with Gasteiger partial charge in [0.1, 0.15) is 5.75 Å². The van der Waals surface area contributed by atoms with Crippen LogP contribution in [0, 0.1) is 5.92 Å². The number of ether oxygens (including phenoxy) is 2. The largest absolute Gasteiger partial charge is 0.497 e. The highest BCUT2D eigenvalue weighted by molar-refractivity contribution is 5.68. The minimum absolute atomic E-state index is 0.0674. The van der Waals surface area contributed by atoms with Crippen molar-refractivity contribution in [1.82, 2.24) is 0 Å². The molecule has 1 N–H and O–H groups in total. The first-order valence-corrected chi connectivity index (χ1v) is 6.53. The van der Waals surface area contributed by atoms with Crippen molar-refractivity contribution in [3.05, 3.63) is 29.3 Å². The van der Waals surface area contributed by atoms with Crippen molar-refractivity contribution in [3.63, 3.8) is 0 Å². The third-order valence-corrected chi connectivity index (χ3v) is 3.64. The second-order valence-corrected chi connectivity index (χ2v) is 5.04. The Balaban J connectivity index is 2.34. The molecule has 4 nitrogen and oxygen atoms in total. The van der Waals surface area contributed by atoms with Crippen molar-refractivity contribution >= 4 is 5.97 Å². The number of hydrogen-bond donors (Lipinski definition) is 1. The summed E-state index contributed by atoms with van der Waals surface area (Å²) in [7, 11) is 3.27. The van der Waals surface area contributed by atoms with E-state index in [4.69, 9.17) is 14.6 Å². The number of carbonyl (C=O) groups is 1. The van der Waals surface area contributed by atoms with E-state index in [1.807, 2.05) is 18.2 Å². The van der Waals surface area contributed by atoms with Gasteiger partial charge in [-0.25, -0.2) is 0 Å². The maximum absolute atomic E-state index is 11.1. The molecule has 0 amide bonds. The van der Waals surface area contributed by atoms with Crippen LogP contribution in [0.25, 0.3) is 0 Å². The Labute approximate surface area is 113 Å². The lowest BCUT2D eigenvalue weighted by atomic mass is 9.87. The normalized spacial score (nSPS) is 16.1. The molecule has 1 aliphatic carbocycles. The van der Waals surface area contributed by atoms with E-state index in [9.17, 15) is 4.79 Å². The SMILES string of the molecule is COCc1ccc(OC)cc1C(CC(=O)O)C1CC1. The minimum Gasteiger partial charge on any atom is -0.497 e. The molecule has 0 bridgehead atoms. The van der Waals surface area contributed by atoms with Crippen LogP contribution in [0.3, 0.4) is 0 Å². The molecule has 104 valence electrons. The van der Waals surface area contributed by atoms with Crippen LogP contribution < -0.4 is 4.74 Å². The molecule has 1 atom stereocenters. The quantitative estimate of drug-likeness (QED) is 0.822. The fraction of sp³-hybridized carbons (Fsp3) is 0.533. The predicted molar refractivity (Wildman–Crippen MR) is 71.4 cm³/mol. The van der Waals surface area contributed by atoms with Gasteiger partial charge in [0, 0.05) is 7.11 Å². The fourth-order valence-electron chi connectivity index (χ4n) is 2.55. The average molecular weight is 264 g/mol. The fourth-order valence-corrected chi connectivity index (χ4v) is 2.55. The predicted octanol–water partition coefficient (Wildman–Crippen LogP) is 2.81. The maximum atomic E-state index is 11.1. The molecular formula is C15H20O4. The summed E-state index contributed by atoms with van der Waals surface area (Å²) in [6.45, 7) is 0.502. The summed E-state index contributed by atoms with van der Waals surface area (Å²) in [5.74, 6) is 0.575. The van der Waals surface area contributed by atoms with Gasteiger partial charge >= 0.3 is 5.97 Å². The van der Waals surface area contributed by atoms with Gasteiger partial charge in [-0.2, -0.15) is 0 Å². The Morgan fingerprint density at radius 2 is 2.16 bits per heavy atom. The van der Waals surface area contributed by atoms with Crippen molar-refractivity contribution in [1.29, 1.82) is 0 Å². The molecule has 0 spiro atoms. The number of methoxy groups -OCH3 is 2. The van der Waals surface area contributed by atoms with Gasteiger partial charge in [-0.1, -0.05) is 6.07 Å². The first kappa shape index (κ1) is 13.9. The second kappa shape index (κ2) is 6.06. The van der Waals surface area contributed by atoms with Crippen LogP contribution in [0.4, 0.5) is 0 Å². The number of carboxylic acid groups (broad SMARTS) is 1. The Morgan fingerprint density at radius 1 is 1.42 bits per heavy atom. The molecule has 1 aromatic carbocycles. The molecule has 0 aliphatic heterocycles. The number of aliphatic carboxylic acids is 1. The third kappa shape index (κ3) is 3.47. The van der Waals surface area contributed by atoms with E-state index >= 15 is 0 Å². The zero-order chi connectivity index (χ0) is 13.8. The van der Waals surface area contributed by atoms with Crippen LogP contribution in [0.15, 0.2) is 18.2 Å². The number of carboxylic acids is 1. The van der Waals surface area contributed by atoms with Crippen molar-refractivity contribution in [2.24, 2.45) is 5.92 Å². The monoisotopic (exact) mass is 264 g/mol. The molecule has 2 rings (SSSR count). The Kier molecular flexibility index (Phi) is 4.43. The first-order valence-electron chi connectivity index (χ1n) is 6.53. The molecule has 1 unspecified atom stereocenters. The summed E-state index contributed by atoms with van der Waals surface area (Å²) < 4.78 is 10.5. The number of hydrogen-bond acceptors (Lipinski definition) is 3. The van der Waals surface area contributed by atoms with E-state index in [0.717, 1.165) is 29.7 Å². The highest BCUT2D eigenvalue weighted by Crippen LogP contribution is 2.46. The third-order valence-electron chi connectivity index (χ3n) is 3.64. The lowest BCUT2D eigenvalue weighted by molar-refractivity contribution is -0.137. The molecule has 1 fully saturated rings. The highest BCUT2D eigenvalue weighted by atomic mass is 16.5. The van der Waals surface area contributed by atoms with Gasteiger partial charge < -0.3 is 14.6 Å². The summed E-state index contributed by atoms with van der Waals surface area (Å²) in [5.41, 5.74) is 2.12. The van der Waals surface area contributed by atoms with Crippen LogP contribution in [-0.4, -0.2) is 25.3 Å². The molecule has 0 heterocycles. The highest BCUT2D eigenvalue weighted by Gasteiger charge is 2.35. The average Bonchev–Trinajstić information content (AvgIpc) is 3.21. The van der Waals surface area contributed by atoms with Gasteiger partial charge in [-0.05, 0) is 47.9 Å². The van der Waals surface area contributed by atoms with Crippen LogP contribution >= 0.6 is 0 Å². The van der Waals surface area contributed by atoms with Gasteiger partial charge in [0.25, 0.3) is 0 Å². The Bertz CT molecular complexity index is 451. The molecule has 4 heteroatoms. The molecule has 19 heavy (non-hydrogen) atoms. The standard InChI is InChI=1S/C15H20O4/c1-18-9-11-5-6-12(19-2)7-13(11)14(8-15(16)17)10-3-4-10/h5-7,10,14H,3-4,8-9H2,1-2H3,(H,16,17). The summed E-state index contributed by atoms with van der Waals surface area (Å²) >= 11 is 0. The summed E-state index contributed by atoms with van der Waals surface area (Å²) in [4.78, 5) is 11.1. The van der Waals surface area contributed by atoms with E-state index in [1.54, 1.807) is 14.2 Å². The van der Waals surface area contributed by atoms with E-state index in [2.05, 4.69) is 0 Å². The smallest absolute Gasteiger partial charge is 0.303 e. The summed E-state index contributed by atoms with van der Waals surface area (Å²) in [5, 5.41) is 9.11. The maximum Gasteiger partial charge on any atom is 0.303 e. The van der Waals surface area contributed by atoms with E-state index in [-0.39, 0.29) is 12.3 Å². The first-order chi connectivity index (χ1) is 9.15. The van der Waals surface area contributed by atoms with Crippen molar-refractivity contribution in [2.75, 3.05) is 14.2 Å². The van der Waals surface area contributed by atoms with Crippen LogP contribution in [0.2, 0.25) is 0 Å². The zero-order valence-electron chi connectivity index (χ0n) is 11.4.